The molecule has 0 bridgehead atoms. The van der Waals surface area contributed by atoms with Crippen LogP contribution in [-0.4, -0.2) is 66.8 Å². The number of urea groups is 1. The molecular formula is C16H23N3O3. The van der Waals surface area contributed by atoms with Crippen molar-refractivity contribution in [1.82, 2.24) is 14.8 Å². The van der Waals surface area contributed by atoms with E-state index >= 15 is 0 Å². The Morgan fingerprint density at radius 3 is 2.86 bits per heavy atom. The minimum atomic E-state index is -0.191. The van der Waals surface area contributed by atoms with Crippen LogP contribution in [0.5, 0.6) is 0 Å². The Bertz CT molecular complexity index is 515. The van der Waals surface area contributed by atoms with Gasteiger partial charge in [0.15, 0.2) is 0 Å². The molecule has 3 heterocycles. The zero-order valence-corrected chi connectivity index (χ0v) is 13.2. The maximum Gasteiger partial charge on any atom is 0.319 e. The molecule has 22 heavy (non-hydrogen) atoms. The number of carbonyl (C=O) groups is 1. The molecule has 1 spiro atoms. The predicted octanol–water partition coefficient (Wildman–Crippen LogP) is 1.37. The SMILES string of the molecule is CN(C)C(=O)N1CC2(C1)OCCC2COCc1ccncc1. The van der Waals surface area contributed by atoms with Crippen molar-refractivity contribution in [2.45, 2.75) is 18.6 Å². The molecule has 0 radical (unpaired) electrons. The molecular weight excluding hydrogens is 282 g/mol. The molecule has 120 valence electrons. The van der Waals surface area contributed by atoms with Crippen LogP contribution in [0.2, 0.25) is 0 Å². The highest BCUT2D eigenvalue weighted by Crippen LogP contribution is 2.40. The number of likely N-dealkylation sites (tertiary alicyclic amines) is 1. The van der Waals surface area contributed by atoms with Gasteiger partial charge in [-0.1, -0.05) is 0 Å². The van der Waals surface area contributed by atoms with Crippen molar-refractivity contribution in [3.63, 3.8) is 0 Å². The molecule has 2 saturated heterocycles. The maximum atomic E-state index is 11.9. The standard InChI is InChI=1S/C16H23N3O3/c1-18(2)15(20)19-11-16(12-19)14(5-8-22-16)10-21-9-13-3-6-17-7-4-13/h3-4,6-7,14H,5,8-12H2,1-2H3. The molecule has 1 aromatic heterocycles. The number of carbonyl (C=O) groups excluding carboxylic acids is 1. The van der Waals surface area contributed by atoms with Crippen molar-refractivity contribution < 1.29 is 14.3 Å². The summed E-state index contributed by atoms with van der Waals surface area (Å²) < 4.78 is 11.8. The second-order valence-electron chi connectivity index (χ2n) is 6.30. The zero-order chi connectivity index (χ0) is 15.6. The minimum absolute atomic E-state index is 0.0533. The lowest BCUT2D eigenvalue weighted by molar-refractivity contribution is -0.129. The molecule has 2 aliphatic rings. The van der Waals surface area contributed by atoms with E-state index in [9.17, 15) is 4.79 Å². The summed E-state index contributed by atoms with van der Waals surface area (Å²) >= 11 is 0. The summed E-state index contributed by atoms with van der Waals surface area (Å²) in [5.74, 6) is 0.362. The fourth-order valence-electron chi connectivity index (χ4n) is 3.19. The smallest absolute Gasteiger partial charge is 0.319 e. The Morgan fingerprint density at radius 2 is 2.18 bits per heavy atom. The van der Waals surface area contributed by atoms with Crippen LogP contribution < -0.4 is 0 Å². The number of nitrogens with zero attached hydrogens (tertiary/aromatic N) is 3. The molecule has 1 aromatic rings. The lowest BCUT2D eigenvalue weighted by Crippen LogP contribution is -2.67. The highest BCUT2D eigenvalue weighted by Gasteiger charge is 2.54. The van der Waals surface area contributed by atoms with Gasteiger partial charge >= 0.3 is 6.03 Å². The number of rotatable bonds is 4. The average molecular weight is 305 g/mol. The monoisotopic (exact) mass is 305 g/mol. The summed E-state index contributed by atoms with van der Waals surface area (Å²) in [7, 11) is 3.55. The topological polar surface area (TPSA) is 54.9 Å². The van der Waals surface area contributed by atoms with Crippen LogP contribution in [0.3, 0.4) is 0 Å². The molecule has 6 heteroatoms. The summed E-state index contributed by atoms with van der Waals surface area (Å²) in [5.41, 5.74) is 0.935. The van der Waals surface area contributed by atoms with E-state index in [1.54, 1.807) is 31.4 Å². The summed E-state index contributed by atoms with van der Waals surface area (Å²) in [6.07, 6.45) is 4.55. The van der Waals surface area contributed by atoms with E-state index in [1.807, 2.05) is 17.0 Å². The van der Waals surface area contributed by atoms with E-state index in [2.05, 4.69) is 4.98 Å². The lowest BCUT2D eigenvalue weighted by Gasteiger charge is -2.50. The van der Waals surface area contributed by atoms with Crippen molar-refractivity contribution in [2.75, 3.05) is 40.4 Å². The molecule has 6 nitrogen and oxygen atoms in total. The Hall–Kier alpha value is -1.66. The fraction of sp³-hybridized carbons (Fsp3) is 0.625. The van der Waals surface area contributed by atoms with E-state index in [0.717, 1.165) is 18.6 Å². The first kappa shape index (κ1) is 15.2. The molecule has 0 aliphatic carbocycles. The third-order valence-electron chi connectivity index (χ3n) is 4.51. The molecule has 2 amide bonds. The van der Waals surface area contributed by atoms with Gasteiger partial charge < -0.3 is 19.3 Å². The molecule has 1 unspecified atom stereocenters. The van der Waals surface area contributed by atoms with E-state index in [0.29, 0.717) is 32.2 Å². The van der Waals surface area contributed by atoms with E-state index in [1.165, 1.54) is 0 Å². The first-order valence-electron chi connectivity index (χ1n) is 7.67. The molecule has 1 atom stereocenters. The van der Waals surface area contributed by atoms with Gasteiger partial charge in [0.1, 0.15) is 5.60 Å². The van der Waals surface area contributed by atoms with Gasteiger partial charge in [-0.25, -0.2) is 4.79 Å². The third-order valence-corrected chi connectivity index (χ3v) is 4.51. The van der Waals surface area contributed by atoms with Gasteiger partial charge in [0.2, 0.25) is 0 Å². The van der Waals surface area contributed by atoms with Crippen LogP contribution in [0.25, 0.3) is 0 Å². The highest BCUT2D eigenvalue weighted by molar-refractivity contribution is 5.75. The van der Waals surface area contributed by atoms with E-state index in [-0.39, 0.29) is 11.6 Å². The van der Waals surface area contributed by atoms with Crippen molar-refractivity contribution >= 4 is 6.03 Å². The van der Waals surface area contributed by atoms with Gasteiger partial charge in [-0.3, -0.25) is 4.98 Å². The third kappa shape index (κ3) is 2.94. The number of hydrogen-bond acceptors (Lipinski definition) is 4. The van der Waals surface area contributed by atoms with Gasteiger partial charge in [0.05, 0.1) is 26.3 Å². The van der Waals surface area contributed by atoms with Crippen LogP contribution in [0.4, 0.5) is 4.79 Å². The fourth-order valence-corrected chi connectivity index (χ4v) is 3.19. The van der Waals surface area contributed by atoms with Crippen LogP contribution in [0.1, 0.15) is 12.0 Å². The summed E-state index contributed by atoms with van der Waals surface area (Å²) in [4.78, 5) is 19.4. The summed E-state index contributed by atoms with van der Waals surface area (Å²) in [6, 6.07) is 3.97. The van der Waals surface area contributed by atoms with Crippen LogP contribution in [0.15, 0.2) is 24.5 Å². The van der Waals surface area contributed by atoms with Crippen LogP contribution in [-0.2, 0) is 16.1 Å². The van der Waals surface area contributed by atoms with Crippen molar-refractivity contribution in [2.24, 2.45) is 5.92 Å². The van der Waals surface area contributed by atoms with Gasteiger partial charge in [-0.05, 0) is 24.1 Å². The summed E-state index contributed by atoms with van der Waals surface area (Å²) in [6.45, 7) is 3.37. The van der Waals surface area contributed by atoms with Crippen LogP contribution >= 0.6 is 0 Å². The number of ether oxygens (including phenoxy) is 2. The van der Waals surface area contributed by atoms with Gasteiger partial charge in [-0.2, -0.15) is 0 Å². The number of aromatic nitrogens is 1. The number of hydrogen-bond donors (Lipinski definition) is 0. The van der Waals surface area contributed by atoms with Crippen molar-refractivity contribution in [3.8, 4) is 0 Å². The molecule has 0 aromatic carbocycles. The molecule has 2 aliphatic heterocycles. The Morgan fingerprint density at radius 1 is 1.45 bits per heavy atom. The lowest BCUT2D eigenvalue weighted by atomic mass is 9.81. The molecule has 0 saturated carbocycles. The van der Waals surface area contributed by atoms with Gasteiger partial charge in [-0.15, -0.1) is 0 Å². The Labute approximate surface area is 131 Å². The second-order valence-corrected chi connectivity index (χ2v) is 6.30. The highest BCUT2D eigenvalue weighted by atomic mass is 16.5. The predicted molar refractivity (Wildman–Crippen MR) is 81.3 cm³/mol. The zero-order valence-electron chi connectivity index (χ0n) is 13.2. The maximum absolute atomic E-state index is 11.9. The van der Waals surface area contributed by atoms with Crippen molar-refractivity contribution in [3.05, 3.63) is 30.1 Å². The average Bonchev–Trinajstić information content (AvgIpc) is 2.90. The van der Waals surface area contributed by atoms with Crippen molar-refractivity contribution in [1.29, 1.82) is 0 Å². The second kappa shape index (κ2) is 6.22. The summed E-state index contributed by atoms with van der Waals surface area (Å²) in [5, 5.41) is 0. The largest absolute Gasteiger partial charge is 0.376 e. The minimum Gasteiger partial charge on any atom is -0.376 e. The first-order valence-corrected chi connectivity index (χ1v) is 7.67. The quantitative estimate of drug-likeness (QED) is 0.843. The van der Waals surface area contributed by atoms with Crippen LogP contribution in [0, 0.1) is 5.92 Å². The Kier molecular flexibility index (Phi) is 4.31. The molecule has 3 rings (SSSR count). The van der Waals surface area contributed by atoms with E-state index < -0.39 is 0 Å². The first-order chi connectivity index (χ1) is 10.6. The molecule has 2 fully saturated rings. The van der Waals surface area contributed by atoms with E-state index in [4.69, 9.17) is 9.47 Å². The molecule has 0 N–H and O–H groups in total. The number of amides is 2. The van der Waals surface area contributed by atoms with Gasteiger partial charge in [0.25, 0.3) is 0 Å². The Balaban J connectivity index is 1.49. The number of pyridine rings is 1. The van der Waals surface area contributed by atoms with Gasteiger partial charge in [0, 0.05) is 39.0 Å². The normalized spacial score (nSPS) is 22.6.